The predicted octanol–water partition coefficient (Wildman–Crippen LogP) is 2.19. The molecular formula is C10H10ClNO2S. The number of thioether (sulfide) groups is 1. The van der Waals surface area contributed by atoms with E-state index < -0.39 is 0 Å². The van der Waals surface area contributed by atoms with E-state index in [0.29, 0.717) is 10.6 Å². The van der Waals surface area contributed by atoms with E-state index in [4.69, 9.17) is 11.6 Å². The van der Waals surface area contributed by atoms with Crippen molar-refractivity contribution in [2.75, 3.05) is 18.2 Å². The lowest BCUT2D eigenvalue weighted by Crippen LogP contribution is -2.27. The van der Waals surface area contributed by atoms with Crippen LogP contribution in [0.25, 0.3) is 0 Å². The van der Waals surface area contributed by atoms with Gasteiger partial charge in [-0.25, -0.2) is 0 Å². The van der Waals surface area contributed by atoms with Crippen LogP contribution in [0, 0.1) is 0 Å². The standard InChI is InChI=1S/C10H10ClNO2S/c11-9-5-7(13)1-2-8(9)10(14)12-3-4-15-6-12/h1-2,5,13H,3-4,6H2. The van der Waals surface area contributed by atoms with Gasteiger partial charge in [0.1, 0.15) is 5.75 Å². The molecule has 0 spiro atoms. The molecule has 2 rings (SSSR count). The molecule has 0 unspecified atom stereocenters. The van der Waals surface area contributed by atoms with Crippen molar-refractivity contribution in [3.8, 4) is 5.75 Å². The fourth-order valence-electron chi connectivity index (χ4n) is 1.42. The van der Waals surface area contributed by atoms with Crippen LogP contribution in [0.1, 0.15) is 10.4 Å². The van der Waals surface area contributed by atoms with Crippen molar-refractivity contribution in [3.63, 3.8) is 0 Å². The van der Waals surface area contributed by atoms with E-state index in [0.717, 1.165) is 18.2 Å². The number of hydrogen-bond acceptors (Lipinski definition) is 3. The van der Waals surface area contributed by atoms with E-state index in [1.165, 1.54) is 12.1 Å². The Hall–Kier alpha value is -0.870. The third kappa shape index (κ3) is 2.21. The van der Waals surface area contributed by atoms with Crippen molar-refractivity contribution >= 4 is 29.3 Å². The highest BCUT2D eigenvalue weighted by molar-refractivity contribution is 7.99. The number of hydrogen-bond donors (Lipinski definition) is 1. The number of carbonyl (C=O) groups is 1. The van der Waals surface area contributed by atoms with E-state index in [9.17, 15) is 9.90 Å². The van der Waals surface area contributed by atoms with Gasteiger partial charge in [0.2, 0.25) is 0 Å². The van der Waals surface area contributed by atoms with Crippen molar-refractivity contribution in [2.45, 2.75) is 0 Å². The number of rotatable bonds is 1. The molecule has 1 heterocycles. The van der Waals surface area contributed by atoms with E-state index in [-0.39, 0.29) is 11.7 Å². The largest absolute Gasteiger partial charge is 0.508 e. The third-order valence-corrected chi connectivity index (χ3v) is 3.50. The first kappa shape index (κ1) is 10.6. The van der Waals surface area contributed by atoms with Crippen molar-refractivity contribution in [1.29, 1.82) is 0 Å². The Kier molecular flexibility index (Phi) is 3.07. The van der Waals surface area contributed by atoms with Crippen LogP contribution in [-0.2, 0) is 0 Å². The minimum Gasteiger partial charge on any atom is -0.508 e. The van der Waals surface area contributed by atoms with Crippen LogP contribution in [0.2, 0.25) is 5.02 Å². The number of carbonyl (C=O) groups excluding carboxylic acids is 1. The van der Waals surface area contributed by atoms with Gasteiger partial charge in [0.15, 0.2) is 0 Å². The number of halogens is 1. The molecule has 0 atom stereocenters. The number of phenolic OH excluding ortho intramolecular Hbond substituents is 1. The maximum absolute atomic E-state index is 11.9. The molecule has 0 bridgehead atoms. The third-order valence-electron chi connectivity index (χ3n) is 2.22. The highest BCUT2D eigenvalue weighted by Crippen LogP contribution is 2.24. The fourth-order valence-corrected chi connectivity index (χ4v) is 2.62. The van der Waals surface area contributed by atoms with Gasteiger partial charge in [-0.2, -0.15) is 0 Å². The van der Waals surface area contributed by atoms with E-state index in [2.05, 4.69) is 0 Å². The highest BCUT2D eigenvalue weighted by Gasteiger charge is 2.21. The number of amides is 1. The average Bonchev–Trinajstić information content (AvgIpc) is 2.69. The Morgan fingerprint density at radius 2 is 2.33 bits per heavy atom. The summed E-state index contributed by atoms with van der Waals surface area (Å²) in [4.78, 5) is 13.7. The molecule has 1 aromatic carbocycles. The summed E-state index contributed by atoms with van der Waals surface area (Å²) in [6.45, 7) is 0.765. The molecule has 1 aliphatic rings. The SMILES string of the molecule is O=C(c1ccc(O)cc1Cl)N1CCSC1. The van der Waals surface area contributed by atoms with E-state index >= 15 is 0 Å². The van der Waals surface area contributed by atoms with Gasteiger partial charge in [-0.15, -0.1) is 11.8 Å². The van der Waals surface area contributed by atoms with Crippen molar-refractivity contribution in [1.82, 2.24) is 4.90 Å². The molecular weight excluding hydrogens is 234 g/mol. The van der Waals surface area contributed by atoms with Crippen LogP contribution < -0.4 is 0 Å². The van der Waals surface area contributed by atoms with E-state index in [1.807, 2.05) is 0 Å². The van der Waals surface area contributed by atoms with Gasteiger partial charge in [0.05, 0.1) is 16.5 Å². The zero-order chi connectivity index (χ0) is 10.8. The van der Waals surface area contributed by atoms with Crippen molar-refractivity contribution in [2.24, 2.45) is 0 Å². The molecule has 3 nitrogen and oxygen atoms in total. The van der Waals surface area contributed by atoms with Crippen LogP contribution in [0.4, 0.5) is 0 Å². The summed E-state index contributed by atoms with van der Waals surface area (Å²) >= 11 is 7.62. The Morgan fingerprint density at radius 3 is 2.93 bits per heavy atom. The summed E-state index contributed by atoms with van der Waals surface area (Å²) in [5, 5.41) is 9.47. The minimum absolute atomic E-state index is 0.0648. The number of benzene rings is 1. The van der Waals surface area contributed by atoms with Crippen LogP contribution in [0.5, 0.6) is 5.75 Å². The zero-order valence-electron chi connectivity index (χ0n) is 7.94. The summed E-state index contributed by atoms with van der Waals surface area (Å²) < 4.78 is 0. The molecule has 1 aromatic rings. The van der Waals surface area contributed by atoms with Crippen LogP contribution >= 0.6 is 23.4 Å². The molecule has 1 N–H and O–H groups in total. The van der Waals surface area contributed by atoms with Gasteiger partial charge < -0.3 is 10.0 Å². The van der Waals surface area contributed by atoms with Crippen LogP contribution in [0.15, 0.2) is 18.2 Å². The molecule has 1 aliphatic heterocycles. The zero-order valence-corrected chi connectivity index (χ0v) is 9.51. The summed E-state index contributed by atoms with van der Waals surface area (Å²) in [7, 11) is 0. The smallest absolute Gasteiger partial charge is 0.256 e. The molecule has 15 heavy (non-hydrogen) atoms. The molecule has 0 radical (unpaired) electrons. The number of phenols is 1. The first-order chi connectivity index (χ1) is 7.18. The Balaban J connectivity index is 2.24. The lowest BCUT2D eigenvalue weighted by Gasteiger charge is -2.15. The van der Waals surface area contributed by atoms with Gasteiger partial charge >= 0.3 is 0 Å². The number of nitrogens with zero attached hydrogens (tertiary/aromatic N) is 1. The Morgan fingerprint density at radius 1 is 1.53 bits per heavy atom. The second-order valence-electron chi connectivity index (χ2n) is 3.27. The maximum Gasteiger partial charge on any atom is 0.256 e. The monoisotopic (exact) mass is 243 g/mol. The summed E-state index contributed by atoms with van der Waals surface area (Å²) in [5.74, 6) is 1.70. The summed E-state index contributed by atoms with van der Waals surface area (Å²) in [6.07, 6.45) is 0. The molecule has 1 amide bonds. The Labute approximate surface area is 97.0 Å². The van der Waals surface area contributed by atoms with Gasteiger partial charge in [0, 0.05) is 12.3 Å². The number of aromatic hydroxyl groups is 1. The van der Waals surface area contributed by atoms with Crippen LogP contribution in [0.3, 0.4) is 0 Å². The quantitative estimate of drug-likeness (QED) is 0.822. The second-order valence-corrected chi connectivity index (χ2v) is 4.75. The van der Waals surface area contributed by atoms with Gasteiger partial charge in [-0.05, 0) is 18.2 Å². The maximum atomic E-state index is 11.9. The molecule has 0 aliphatic carbocycles. The lowest BCUT2D eigenvalue weighted by atomic mass is 10.2. The average molecular weight is 244 g/mol. The van der Waals surface area contributed by atoms with Gasteiger partial charge in [-0.1, -0.05) is 11.6 Å². The van der Waals surface area contributed by atoms with Crippen molar-refractivity contribution < 1.29 is 9.90 Å². The minimum atomic E-state index is -0.0648. The Bertz CT molecular complexity index is 391. The first-order valence-electron chi connectivity index (χ1n) is 4.54. The molecule has 0 saturated carbocycles. The predicted molar refractivity (Wildman–Crippen MR) is 61.5 cm³/mol. The second kappa shape index (κ2) is 4.33. The summed E-state index contributed by atoms with van der Waals surface area (Å²) in [5.41, 5.74) is 0.456. The molecule has 5 heteroatoms. The first-order valence-corrected chi connectivity index (χ1v) is 6.07. The lowest BCUT2D eigenvalue weighted by molar-refractivity contribution is 0.0803. The molecule has 1 saturated heterocycles. The van der Waals surface area contributed by atoms with E-state index in [1.54, 1.807) is 22.7 Å². The molecule has 1 fully saturated rings. The van der Waals surface area contributed by atoms with Gasteiger partial charge in [0.25, 0.3) is 5.91 Å². The fraction of sp³-hybridized carbons (Fsp3) is 0.300. The molecule has 80 valence electrons. The van der Waals surface area contributed by atoms with Crippen molar-refractivity contribution in [3.05, 3.63) is 28.8 Å². The normalized spacial score (nSPS) is 15.7. The van der Waals surface area contributed by atoms with Crippen LogP contribution in [-0.4, -0.2) is 34.1 Å². The molecule has 0 aromatic heterocycles. The van der Waals surface area contributed by atoms with Gasteiger partial charge in [-0.3, -0.25) is 4.79 Å². The highest BCUT2D eigenvalue weighted by atomic mass is 35.5. The summed E-state index contributed by atoms with van der Waals surface area (Å²) in [6, 6.07) is 4.42. The topological polar surface area (TPSA) is 40.5 Å².